The molecule has 4 heterocycles. The third-order valence-corrected chi connectivity index (χ3v) is 12.5. The van der Waals surface area contributed by atoms with Gasteiger partial charge in [0.2, 0.25) is 0 Å². The Morgan fingerprint density at radius 3 is 1.41 bits per heavy atom. The minimum absolute atomic E-state index is 0.438. The minimum atomic E-state index is 0.438. The van der Waals surface area contributed by atoms with Gasteiger partial charge in [0.05, 0.1) is 34.3 Å². The third-order valence-electron chi connectivity index (χ3n) is 12.5. The van der Waals surface area contributed by atoms with Crippen LogP contribution in [-0.4, -0.2) is 39.5 Å². The summed E-state index contributed by atoms with van der Waals surface area (Å²) < 4.78 is 2.26. The number of pyridine rings is 1. The summed E-state index contributed by atoms with van der Waals surface area (Å²) in [5.41, 5.74) is 11.8. The first-order valence-electron chi connectivity index (χ1n) is 22.9. The van der Waals surface area contributed by atoms with Crippen LogP contribution in [0.5, 0.6) is 0 Å². The summed E-state index contributed by atoms with van der Waals surface area (Å²) in [5.74, 6) is 3.07. The SMILES string of the molecule is N#Cc1ccc(-c2ccc3c(c2)c2ccccc2n3-c2ccc(-c3nc(-c4ccccc4)nc(-c4ccccc4)n3)c(-c3ccncc3-c3nc(-c4ccccc4)nc(-c4ccccc4)n3)c2)c(C#N)c1. The van der Waals surface area contributed by atoms with Gasteiger partial charge in [-0.15, -0.1) is 0 Å². The Morgan fingerprint density at radius 2 is 0.845 bits per heavy atom. The van der Waals surface area contributed by atoms with Crippen molar-refractivity contribution >= 4 is 21.8 Å². The van der Waals surface area contributed by atoms with Crippen molar-refractivity contribution in [2.75, 3.05) is 0 Å². The molecule has 0 spiro atoms. The molecule has 0 radical (unpaired) electrons. The lowest BCUT2D eigenvalue weighted by Gasteiger charge is -2.17. The average Bonchev–Trinajstić information content (AvgIpc) is 3.79. The van der Waals surface area contributed by atoms with E-state index in [0.29, 0.717) is 51.6 Å². The second-order valence-electron chi connectivity index (χ2n) is 16.8. The largest absolute Gasteiger partial charge is 0.309 e. The molecule has 8 aromatic carbocycles. The van der Waals surface area contributed by atoms with E-state index in [-0.39, 0.29) is 0 Å². The normalized spacial score (nSPS) is 11.1. The zero-order valence-corrected chi connectivity index (χ0v) is 37.8. The Hall–Kier alpha value is -10.3. The van der Waals surface area contributed by atoms with Gasteiger partial charge in [-0.25, -0.2) is 29.9 Å². The van der Waals surface area contributed by atoms with Gasteiger partial charge >= 0.3 is 0 Å². The molecule has 0 amide bonds. The maximum atomic E-state index is 10.1. The van der Waals surface area contributed by atoms with Crippen LogP contribution in [0.3, 0.4) is 0 Å². The Balaban J connectivity index is 1.12. The molecule has 71 heavy (non-hydrogen) atoms. The molecule has 0 aliphatic heterocycles. The number of fused-ring (bicyclic) bond motifs is 3. The number of nitrogens with zero attached hydrogens (tertiary/aromatic N) is 10. The maximum absolute atomic E-state index is 10.1. The van der Waals surface area contributed by atoms with Crippen molar-refractivity contribution in [1.82, 2.24) is 39.5 Å². The van der Waals surface area contributed by atoms with Gasteiger partial charge in [0.25, 0.3) is 0 Å². The van der Waals surface area contributed by atoms with E-state index in [1.54, 1.807) is 18.3 Å². The standard InChI is InChI=1S/C61H36N10/c62-36-39-25-28-47(45(33-39)37-63)44-26-30-55-52(34-44)49-23-13-14-24-54(49)71(55)46-27-29-50(60-67-56(40-15-5-1-6-16-40)65-57(68-60)41-17-7-2-8-18-41)51(35-46)48-31-32-64-38-53(48)61-69-58(42-19-9-3-10-20-42)66-59(70-61)43-21-11-4-12-22-43/h1-35,38H. The topological polar surface area (TPSA) is 143 Å². The molecule has 0 atom stereocenters. The molecule has 0 unspecified atom stereocenters. The van der Waals surface area contributed by atoms with E-state index < -0.39 is 0 Å². The van der Waals surface area contributed by atoms with Gasteiger partial charge in [0.15, 0.2) is 34.9 Å². The summed E-state index contributed by atoms with van der Waals surface area (Å²) in [6, 6.07) is 72.4. The van der Waals surface area contributed by atoms with Gasteiger partial charge in [-0.2, -0.15) is 10.5 Å². The van der Waals surface area contributed by atoms with Crippen molar-refractivity contribution in [1.29, 1.82) is 10.5 Å². The maximum Gasteiger partial charge on any atom is 0.166 e. The highest BCUT2D eigenvalue weighted by Crippen LogP contribution is 2.42. The molecule has 0 saturated carbocycles. The third kappa shape index (κ3) is 7.89. The van der Waals surface area contributed by atoms with Crippen LogP contribution >= 0.6 is 0 Å². The summed E-state index contributed by atoms with van der Waals surface area (Å²) >= 11 is 0. The van der Waals surface area contributed by atoms with Crippen molar-refractivity contribution < 1.29 is 0 Å². The van der Waals surface area contributed by atoms with E-state index in [1.165, 1.54) is 0 Å². The van der Waals surface area contributed by atoms with Crippen molar-refractivity contribution in [3.63, 3.8) is 0 Å². The number of nitriles is 2. The van der Waals surface area contributed by atoms with Crippen LogP contribution in [0, 0.1) is 22.7 Å². The monoisotopic (exact) mass is 908 g/mol. The lowest BCUT2D eigenvalue weighted by atomic mass is 9.94. The van der Waals surface area contributed by atoms with Crippen LogP contribution < -0.4 is 0 Å². The first-order valence-corrected chi connectivity index (χ1v) is 22.9. The van der Waals surface area contributed by atoms with E-state index in [4.69, 9.17) is 29.9 Å². The number of para-hydroxylation sites is 1. The van der Waals surface area contributed by atoms with Gasteiger partial charge in [-0.1, -0.05) is 152 Å². The van der Waals surface area contributed by atoms with Crippen molar-refractivity contribution in [3.05, 3.63) is 230 Å². The lowest BCUT2D eigenvalue weighted by molar-refractivity contribution is 1.07. The minimum Gasteiger partial charge on any atom is -0.309 e. The van der Waals surface area contributed by atoms with Crippen LogP contribution in [0.15, 0.2) is 219 Å². The molecule has 0 aliphatic carbocycles. The number of aromatic nitrogens is 8. The van der Waals surface area contributed by atoms with Gasteiger partial charge in [0.1, 0.15) is 0 Å². The summed E-state index contributed by atoms with van der Waals surface area (Å²) in [4.78, 5) is 35.5. The molecule has 0 saturated heterocycles. The summed E-state index contributed by atoms with van der Waals surface area (Å²) in [6.07, 6.45) is 3.59. The van der Waals surface area contributed by atoms with Gasteiger partial charge < -0.3 is 4.57 Å². The highest BCUT2D eigenvalue weighted by Gasteiger charge is 2.23. The summed E-state index contributed by atoms with van der Waals surface area (Å²) in [7, 11) is 0. The van der Waals surface area contributed by atoms with E-state index in [0.717, 1.165) is 77.6 Å². The van der Waals surface area contributed by atoms with Crippen molar-refractivity contribution in [2.24, 2.45) is 0 Å². The zero-order chi connectivity index (χ0) is 47.7. The molecule has 0 aliphatic rings. The first kappa shape index (κ1) is 42.1. The molecule has 0 bridgehead atoms. The Labute approximate surface area is 408 Å². The van der Waals surface area contributed by atoms with Crippen molar-refractivity contribution in [3.8, 4) is 108 Å². The van der Waals surface area contributed by atoms with Crippen LogP contribution in [-0.2, 0) is 0 Å². The number of hydrogen-bond acceptors (Lipinski definition) is 9. The fourth-order valence-electron chi connectivity index (χ4n) is 9.13. The highest BCUT2D eigenvalue weighted by atomic mass is 15.0. The van der Waals surface area contributed by atoms with Crippen LogP contribution in [0.1, 0.15) is 11.1 Å². The summed E-state index contributed by atoms with van der Waals surface area (Å²) in [6.45, 7) is 0. The number of benzene rings is 8. The fourth-order valence-corrected chi connectivity index (χ4v) is 9.13. The van der Waals surface area contributed by atoms with E-state index in [9.17, 15) is 10.5 Å². The highest BCUT2D eigenvalue weighted by molar-refractivity contribution is 6.11. The van der Waals surface area contributed by atoms with E-state index >= 15 is 0 Å². The Bertz CT molecular complexity index is 3950. The van der Waals surface area contributed by atoms with Crippen LogP contribution in [0.25, 0.3) is 118 Å². The number of rotatable bonds is 9. The molecule has 12 rings (SSSR count). The molecule has 4 aromatic heterocycles. The van der Waals surface area contributed by atoms with Gasteiger partial charge in [-0.05, 0) is 76.9 Å². The fraction of sp³-hybridized carbons (Fsp3) is 0. The van der Waals surface area contributed by atoms with Crippen LogP contribution in [0.2, 0.25) is 0 Å². The van der Waals surface area contributed by atoms with Gasteiger partial charge in [0, 0.05) is 62.2 Å². The van der Waals surface area contributed by atoms with Crippen molar-refractivity contribution in [2.45, 2.75) is 0 Å². The Kier molecular flexibility index (Phi) is 10.7. The predicted octanol–water partition coefficient (Wildman–Crippen LogP) is 13.6. The van der Waals surface area contributed by atoms with Gasteiger partial charge in [-0.3, -0.25) is 4.98 Å². The van der Waals surface area contributed by atoms with E-state index in [2.05, 4.69) is 64.2 Å². The van der Waals surface area contributed by atoms with Crippen LogP contribution in [0.4, 0.5) is 0 Å². The number of hydrogen-bond donors (Lipinski definition) is 0. The zero-order valence-electron chi connectivity index (χ0n) is 37.8. The Morgan fingerprint density at radius 1 is 0.338 bits per heavy atom. The van der Waals surface area contributed by atoms with E-state index in [1.807, 2.05) is 158 Å². The molecule has 10 heteroatoms. The smallest absolute Gasteiger partial charge is 0.166 e. The quantitative estimate of drug-likeness (QED) is 0.138. The second kappa shape index (κ2) is 18.1. The molecule has 330 valence electrons. The molecule has 0 N–H and O–H groups in total. The molecular weight excluding hydrogens is 873 g/mol. The molecule has 12 aromatic rings. The first-order chi connectivity index (χ1) is 35.1. The molecule has 10 nitrogen and oxygen atoms in total. The second-order valence-corrected chi connectivity index (χ2v) is 16.8. The average molecular weight is 909 g/mol. The molecule has 0 fully saturated rings. The lowest BCUT2D eigenvalue weighted by Crippen LogP contribution is -2.04. The predicted molar refractivity (Wildman–Crippen MR) is 278 cm³/mol. The molecular formula is C61H36N10. The summed E-state index contributed by atoms with van der Waals surface area (Å²) in [5, 5.41) is 21.8.